The number of carbonyl (C=O) groups excluding carboxylic acids is 1. The number of carbonyl (C=O) groups is 1. The van der Waals surface area contributed by atoms with Gasteiger partial charge in [0.05, 0.1) is 19.3 Å². The third-order valence-electron chi connectivity index (χ3n) is 6.60. The number of hydrogen-bond donors (Lipinski definition) is 2. The lowest BCUT2D eigenvalue weighted by Gasteiger charge is -2.29. The maximum Gasteiger partial charge on any atom is 0.243 e. The summed E-state index contributed by atoms with van der Waals surface area (Å²) >= 11 is 1.34. The molecule has 0 bridgehead atoms. The highest BCUT2D eigenvalue weighted by molar-refractivity contribution is 7.15. The first-order valence-corrected chi connectivity index (χ1v) is 13.6. The van der Waals surface area contributed by atoms with Crippen LogP contribution in [0.3, 0.4) is 0 Å². The van der Waals surface area contributed by atoms with Crippen molar-refractivity contribution in [1.82, 2.24) is 15.5 Å². The summed E-state index contributed by atoms with van der Waals surface area (Å²) in [5.41, 5.74) is 1.99. The van der Waals surface area contributed by atoms with Gasteiger partial charge in [0.25, 0.3) is 0 Å². The molecule has 4 rings (SSSR count). The molecule has 9 heteroatoms. The number of fused-ring (bicyclic) bond motifs is 1. The van der Waals surface area contributed by atoms with Crippen LogP contribution in [0.5, 0.6) is 0 Å². The quantitative estimate of drug-likeness (QED) is 0.341. The number of rotatable bonds is 11. The van der Waals surface area contributed by atoms with Gasteiger partial charge < -0.3 is 10.1 Å². The van der Waals surface area contributed by atoms with Gasteiger partial charge in [0.15, 0.2) is 0 Å². The molecule has 1 aromatic heterocycles. The molecular formula is C28H34F2N4O2S. The van der Waals surface area contributed by atoms with Crippen LogP contribution in [0, 0.1) is 11.6 Å². The zero-order valence-corrected chi connectivity index (χ0v) is 22.3. The number of aryl methyl sites for hydroxylation is 1. The fourth-order valence-electron chi connectivity index (χ4n) is 4.59. The third-order valence-corrected chi connectivity index (χ3v) is 7.81. The molecule has 3 aromatic rings. The van der Waals surface area contributed by atoms with Gasteiger partial charge in [-0.2, -0.15) is 0 Å². The third kappa shape index (κ3) is 7.18. The molecular weight excluding hydrogens is 494 g/mol. The van der Waals surface area contributed by atoms with Crippen LogP contribution in [0.15, 0.2) is 42.5 Å². The number of aromatic nitrogens is 2. The Bertz CT molecular complexity index is 1200. The van der Waals surface area contributed by atoms with Crippen molar-refractivity contribution in [2.24, 2.45) is 0 Å². The number of benzene rings is 2. The fourth-order valence-corrected chi connectivity index (χ4v) is 5.43. The van der Waals surface area contributed by atoms with Crippen LogP contribution in [0.2, 0.25) is 0 Å². The van der Waals surface area contributed by atoms with Gasteiger partial charge in [-0.15, -0.1) is 10.2 Å². The zero-order valence-electron chi connectivity index (χ0n) is 21.5. The first-order valence-electron chi connectivity index (χ1n) is 12.7. The van der Waals surface area contributed by atoms with E-state index in [2.05, 4.69) is 20.8 Å². The minimum atomic E-state index is -0.548. The van der Waals surface area contributed by atoms with Crippen molar-refractivity contribution in [3.05, 3.63) is 75.8 Å². The summed E-state index contributed by atoms with van der Waals surface area (Å²) in [5.74, 6) is -1.25. The first-order chi connectivity index (χ1) is 17.7. The number of nitrogens with zero attached hydrogens (tertiary/aromatic N) is 2. The number of anilines is 1. The summed E-state index contributed by atoms with van der Waals surface area (Å²) in [6.07, 6.45) is 3.15. The van der Waals surface area contributed by atoms with Gasteiger partial charge in [0.2, 0.25) is 11.0 Å². The molecule has 1 aliphatic carbocycles. The topological polar surface area (TPSA) is 76.1 Å². The molecule has 1 unspecified atom stereocenters. The molecule has 2 atom stereocenters. The lowest BCUT2D eigenvalue weighted by Crippen LogP contribution is -2.47. The Hall–Kier alpha value is -2.75. The number of nitrogens with one attached hydrogen (secondary N) is 2. The molecule has 1 amide bonds. The highest BCUT2D eigenvalue weighted by Crippen LogP contribution is 2.30. The molecule has 0 saturated heterocycles. The van der Waals surface area contributed by atoms with Crippen LogP contribution in [0.1, 0.15) is 61.7 Å². The van der Waals surface area contributed by atoms with Crippen LogP contribution >= 0.6 is 11.3 Å². The van der Waals surface area contributed by atoms with E-state index in [-0.39, 0.29) is 17.4 Å². The minimum Gasteiger partial charge on any atom is -0.376 e. The molecule has 0 spiro atoms. The van der Waals surface area contributed by atoms with Crippen molar-refractivity contribution in [1.29, 1.82) is 0 Å². The smallest absolute Gasteiger partial charge is 0.243 e. The number of amides is 1. The summed E-state index contributed by atoms with van der Waals surface area (Å²) in [6, 6.07) is 11.8. The molecule has 0 saturated carbocycles. The summed E-state index contributed by atoms with van der Waals surface area (Å²) < 4.78 is 33.8. The first kappa shape index (κ1) is 27.3. The van der Waals surface area contributed by atoms with Crippen LogP contribution in [0.25, 0.3) is 0 Å². The van der Waals surface area contributed by atoms with E-state index >= 15 is 0 Å². The normalized spacial score (nSPS) is 16.3. The summed E-state index contributed by atoms with van der Waals surface area (Å²) in [6.45, 7) is 7.08. The molecule has 6 nitrogen and oxygen atoms in total. The Labute approximate surface area is 220 Å². The van der Waals surface area contributed by atoms with Crippen LogP contribution in [-0.4, -0.2) is 34.8 Å². The van der Waals surface area contributed by atoms with Crippen molar-refractivity contribution in [3.8, 4) is 0 Å². The Balaban J connectivity index is 1.34. The minimum absolute atomic E-state index is 0.0690. The molecule has 1 aliphatic rings. The van der Waals surface area contributed by atoms with E-state index in [1.807, 2.05) is 51.1 Å². The predicted molar refractivity (Wildman–Crippen MR) is 142 cm³/mol. The van der Waals surface area contributed by atoms with E-state index < -0.39 is 17.7 Å². The standard InChI is InChI=1S/C28H34F2N4O2S/c1-4-8-24(31-21-12-11-19-13-20(29)14-23(30)22(19)15-21)25(35)32-27-34-33-26(37-27)28(2,3)17-36-16-18-9-6-5-7-10-18/h5-7,9-10,13-14,21,24,31H,4,8,11-12,15-17H2,1-3H3,(H,32,34,35)/t21?,24-/m0/s1. The highest BCUT2D eigenvalue weighted by Gasteiger charge is 2.29. The Morgan fingerprint density at radius 2 is 2.00 bits per heavy atom. The van der Waals surface area contributed by atoms with Crippen molar-refractivity contribution in [2.45, 2.75) is 77.0 Å². The van der Waals surface area contributed by atoms with E-state index in [9.17, 15) is 13.6 Å². The number of ether oxygens (including phenoxy) is 1. The average molecular weight is 529 g/mol. The molecule has 2 aromatic carbocycles. The lowest BCUT2D eigenvalue weighted by atomic mass is 9.87. The van der Waals surface area contributed by atoms with E-state index in [0.29, 0.717) is 55.2 Å². The maximum absolute atomic E-state index is 14.3. The van der Waals surface area contributed by atoms with Gasteiger partial charge in [-0.05, 0) is 48.4 Å². The van der Waals surface area contributed by atoms with E-state index in [0.717, 1.165) is 23.1 Å². The molecule has 2 N–H and O–H groups in total. The second-order valence-electron chi connectivity index (χ2n) is 10.2. The van der Waals surface area contributed by atoms with E-state index in [4.69, 9.17) is 4.74 Å². The van der Waals surface area contributed by atoms with Gasteiger partial charge in [-0.1, -0.05) is 68.9 Å². The van der Waals surface area contributed by atoms with Crippen molar-refractivity contribution in [2.75, 3.05) is 11.9 Å². The van der Waals surface area contributed by atoms with Gasteiger partial charge in [-0.25, -0.2) is 8.78 Å². The molecule has 1 heterocycles. The second-order valence-corrected chi connectivity index (χ2v) is 11.2. The van der Waals surface area contributed by atoms with Crippen LogP contribution in [0.4, 0.5) is 13.9 Å². The zero-order chi connectivity index (χ0) is 26.4. The molecule has 0 fully saturated rings. The van der Waals surface area contributed by atoms with Crippen LogP contribution < -0.4 is 10.6 Å². The molecule has 198 valence electrons. The van der Waals surface area contributed by atoms with Crippen LogP contribution in [-0.2, 0) is 34.4 Å². The SMILES string of the molecule is CCC[C@H](NC1CCc2cc(F)cc(F)c2C1)C(=O)Nc1nnc(C(C)(C)COCc2ccccc2)s1. The lowest BCUT2D eigenvalue weighted by molar-refractivity contribution is -0.118. The molecule has 0 radical (unpaired) electrons. The summed E-state index contributed by atoms with van der Waals surface area (Å²) in [7, 11) is 0. The number of halogens is 2. The van der Waals surface area contributed by atoms with Crippen molar-refractivity contribution >= 4 is 22.4 Å². The largest absolute Gasteiger partial charge is 0.376 e. The number of hydrogen-bond acceptors (Lipinski definition) is 6. The average Bonchev–Trinajstić information content (AvgIpc) is 3.34. The van der Waals surface area contributed by atoms with Gasteiger partial charge in [-0.3, -0.25) is 10.1 Å². The summed E-state index contributed by atoms with van der Waals surface area (Å²) in [4.78, 5) is 13.1. The van der Waals surface area contributed by atoms with Crippen molar-refractivity contribution in [3.63, 3.8) is 0 Å². The second kappa shape index (κ2) is 12.2. The predicted octanol–water partition coefficient (Wildman–Crippen LogP) is 5.57. The Morgan fingerprint density at radius 1 is 1.22 bits per heavy atom. The molecule has 37 heavy (non-hydrogen) atoms. The van der Waals surface area contributed by atoms with Crippen molar-refractivity contribution < 1.29 is 18.3 Å². The Morgan fingerprint density at radius 3 is 2.76 bits per heavy atom. The summed E-state index contributed by atoms with van der Waals surface area (Å²) in [5, 5.41) is 16.0. The van der Waals surface area contributed by atoms with Gasteiger partial charge in [0.1, 0.15) is 16.6 Å². The molecule has 0 aliphatic heterocycles. The Kier molecular flexibility index (Phi) is 9.00. The van der Waals surface area contributed by atoms with E-state index in [1.54, 1.807) is 0 Å². The fraction of sp³-hybridized carbons (Fsp3) is 0.464. The maximum atomic E-state index is 14.3. The van der Waals surface area contributed by atoms with E-state index in [1.165, 1.54) is 17.4 Å². The monoisotopic (exact) mass is 528 g/mol. The van der Waals surface area contributed by atoms with Gasteiger partial charge >= 0.3 is 0 Å². The highest BCUT2D eigenvalue weighted by atomic mass is 32.1. The van der Waals surface area contributed by atoms with Gasteiger partial charge in [0, 0.05) is 17.5 Å².